The lowest BCUT2D eigenvalue weighted by Crippen LogP contribution is -2.39. The largest absolute Gasteiger partial charge is 0.391 e. The number of aliphatic hydroxyl groups excluding tert-OH is 1. The fourth-order valence-corrected chi connectivity index (χ4v) is 2.30. The van der Waals surface area contributed by atoms with Crippen molar-refractivity contribution in [3.8, 4) is 0 Å². The van der Waals surface area contributed by atoms with E-state index >= 15 is 0 Å². The van der Waals surface area contributed by atoms with Gasteiger partial charge in [-0.2, -0.15) is 0 Å². The van der Waals surface area contributed by atoms with Crippen molar-refractivity contribution in [1.29, 1.82) is 0 Å². The van der Waals surface area contributed by atoms with Gasteiger partial charge in [0, 0.05) is 25.8 Å². The summed E-state index contributed by atoms with van der Waals surface area (Å²) >= 11 is 6.22. The molecule has 88 valence electrons. The van der Waals surface area contributed by atoms with Crippen LogP contribution < -0.4 is 10.6 Å². The van der Waals surface area contributed by atoms with Crippen LogP contribution in [0, 0.1) is 0 Å². The third kappa shape index (κ3) is 2.29. The van der Waals surface area contributed by atoms with E-state index in [1.54, 1.807) is 6.20 Å². The number of halogens is 1. The van der Waals surface area contributed by atoms with E-state index in [1.165, 1.54) is 0 Å². The van der Waals surface area contributed by atoms with E-state index in [4.69, 9.17) is 17.3 Å². The average molecular weight is 242 g/mol. The van der Waals surface area contributed by atoms with Crippen LogP contribution in [0.5, 0.6) is 0 Å². The third-order valence-corrected chi connectivity index (χ3v) is 3.28. The van der Waals surface area contributed by atoms with Gasteiger partial charge in [0.25, 0.3) is 0 Å². The zero-order valence-corrected chi connectivity index (χ0v) is 9.82. The minimum atomic E-state index is -0.284. The van der Waals surface area contributed by atoms with Gasteiger partial charge in [-0.05, 0) is 24.5 Å². The first kappa shape index (κ1) is 11.6. The predicted octanol–water partition coefficient (Wildman–Crippen LogP) is 1.15. The van der Waals surface area contributed by atoms with Crippen LogP contribution >= 0.6 is 11.6 Å². The second kappa shape index (κ2) is 4.99. The summed E-state index contributed by atoms with van der Waals surface area (Å²) < 4.78 is 0. The van der Waals surface area contributed by atoms with Crippen molar-refractivity contribution in [3.63, 3.8) is 0 Å². The number of piperidine rings is 1. The van der Waals surface area contributed by atoms with Crippen molar-refractivity contribution in [3.05, 3.63) is 22.8 Å². The standard InChI is InChI=1S/C11H16ClN3O/c12-10-8(6-13)3-4-14-11(10)15-5-1-2-9(16)7-15/h3-4,9,16H,1-2,5-7,13H2. The highest BCUT2D eigenvalue weighted by atomic mass is 35.5. The first-order valence-electron chi connectivity index (χ1n) is 5.49. The normalized spacial score (nSPS) is 21.2. The van der Waals surface area contributed by atoms with Gasteiger partial charge in [-0.15, -0.1) is 0 Å². The van der Waals surface area contributed by atoms with Gasteiger partial charge in [-0.3, -0.25) is 0 Å². The van der Waals surface area contributed by atoms with Gasteiger partial charge in [-0.1, -0.05) is 11.6 Å². The van der Waals surface area contributed by atoms with Crippen molar-refractivity contribution < 1.29 is 5.11 Å². The van der Waals surface area contributed by atoms with E-state index in [1.807, 2.05) is 11.0 Å². The number of hydrogen-bond acceptors (Lipinski definition) is 4. The Labute approximate surface area is 100 Å². The van der Waals surface area contributed by atoms with E-state index in [2.05, 4.69) is 4.98 Å². The monoisotopic (exact) mass is 241 g/mol. The summed E-state index contributed by atoms with van der Waals surface area (Å²) in [5.41, 5.74) is 6.49. The molecule has 1 aliphatic rings. The molecule has 4 nitrogen and oxygen atoms in total. The Morgan fingerprint density at radius 3 is 3.12 bits per heavy atom. The van der Waals surface area contributed by atoms with E-state index in [9.17, 15) is 5.11 Å². The molecule has 1 unspecified atom stereocenters. The smallest absolute Gasteiger partial charge is 0.147 e. The Bertz CT molecular complexity index is 372. The Balaban J connectivity index is 2.25. The van der Waals surface area contributed by atoms with Crippen molar-refractivity contribution in [2.75, 3.05) is 18.0 Å². The lowest BCUT2D eigenvalue weighted by molar-refractivity contribution is 0.154. The number of nitrogens with two attached hydrogens (primary N) is 1. The number of aromatic nitrogens is 1. The minimum Gasteiger partial charge on any atom is -0.391 e. The molecule has 0 aromatic carbocycles. The number of pyridine rings is 1. The lowest BCUT2D eigenvalue weighted by Gasteiger charge is -2.31. The molecule has 0 radical (unpaired) electrons. The SMILES string of the molecule is NCc1ccnc(N2CCCC(O)C2)c1Cl. The fraction of sp³-hybridized carbons (Fsp3) is 0.545. The van der Waals surface area contributed by atoms with Crippen LogP contribution in [0.15, 0.2) is 12.3 Å². The number of rotatable bonds is 2. The van der Waals surface area contributed by atoms with E-state index in [0.29, 0.717) is 18.1 Å². The molecule has 2 rings (SSSR count). The summed E-state index contributed by atoms with van der Waals surface area (Å²) in [4.78, 5) is 6.30. The molecule has 16 heavy (non-hydrogen) atoms. The van der Waals surface area contributed by atoms with Crippen LogP contribution in [0.4, 0.5) is 5.82 Å². The molecule has 1 fully saturated rings. The highest BCUT2D eigenvalue weighted by molar-refractivity contribution is 6.33. The number of β-amino-alcohol motifs (C(OH)–C–C–N with tert-alkyl or cyclic N) is 1. The molecule has 0 amide bonds. The molecule has 3 N–H and O–H groups in total. The molecule has 0 bridgehead atoms. The zero-order chi connectivity index (χ0) is 11.5. The second-order valence-electron chi connectivity index (χ2n) is 4.05. The summed E-state index contributed by atoms with van der Waals surface area (Å²) in [6.45, 7) is 1.89. The van der Waals surface area contributed by atoms with Crippen LogP contribution in [-0.4, -0.2) is 29.3 Å². The molecular formula is C11H16ClN3O. The molecule has 1 atom stereocenters. The highest BCUT2D eigenvalue weighted by Crippen LogP contribution is 2.28. The van der Waals surface area contributed by atoms with Crippen molar-refractivity contribution in [2.24, 2.45) is 5.73 Å². The summed E-state index contributed by atoms with van der Waals surface area (Å²) in [6, 6.07) is 1.83. The zero-order valence-electron chi connectivity index (χ0n) is 9.06. The number of hydrogen-bond donors (Lipinski definition) is 2. The Hall–Kier alpha value is -0.840. The Kier molecular flexibility index (Phi) is 3.63. The van der Waals surface area contributed by atoms with Gasteiger partial charge >= 0.3 is 0 Å². The summed E-state index contributed by atoms with van der Waals surface area (Å²) in [7, 11) is 0. The number of aliphatic hydroxyl groups is 1. The molecule has 1 aromatic heterocycles. The van der Waals surface area contributed by atoms with E-state index in [0.717, 1.165) is 30.8 Å². The van der Waals surface area contributed by atoms with Gasteiger partial charge in [0.15, 0.2) is 0 Å². The van der Waals surface area contributed by atoms with Crippen LogP contribution in [0.25, 0.3) is 0 Å². The molecular weight excluding hydrogens is 226 g/mol. The van der Waals surface area contributed by atoms with Crippen molar-refractivity contribution >= 4 is 17.4 Å². The molecule has 0 saturated carbocycles. The van der Waals surface area contributed by atoms with Crippen LogP contribution in [0.1, 0.15) is 18.4 Å². The van der Waals surface area contributed by atoms with Gasteiger partial charge < -0.3 is 15.7 Å². The number of anilines is 1. The van der Waals surface area contributed by atoms with Gasteiger partial charge in [-0.25, -0.2) is 4.98 Å². The highest BCUT2D eigenvalue weighted by Gasteiger charge is 2.21. The molecule has 1 aliphatic heterocycles. The first-order chi connectivity index (χ1) is 7.72. The van der Waals surface area contributed by atoms with E-state index < -0.39 is 0 Å². The van der Waals surface area contributed by atoms with Gasteiger partial charge in [0.1, 0.15) is 5.82 Å². The average Bonchev–Trinajstić information content (AvgIpc) is 2.29. The molecule has 1 aromatic rings. The molecule has 2 heterocycles. The summed E-state index contributed by atoms with van der Waals surface area (Å²) in [5, 5.41) is 10.2. The van der Waals surface area contributed by atoms with Crippen molar-refractivity contribution in [2.45, 2.75) is 25.5 Å². The molecule has 0 spiro atoms. The minimum absolute atomic E-state index is 0.284. The quantitative estimate of drug-likeness (QED) is 0.816. The molecule has 0 aliphatic carbocycles. The summed E-state index contributed by atoms with van der Waals surface area (Å²) in [5.74, 6) is 0.739. The van der Waals surface area contributed by atoms with Crippen molar-refractivity contribution in [1.82, 2.24) is 4.98 Å². The Morgan fingerprint density at radius 1 is 1.62 bits per heavy atom. The lowest BCUT2D eigenvalue weighted by atomic mass is 10.1. The van der Waals surface area contributed by atoms with Crippen LogP contribution in [0.3, 0.4) is 0 Å². The second-order valence-corrected chi connectivity index (χ2v) is 4.43. The topological polar surface area (TPSA) is 62.4 Å². The summed E-state index contributed by atoms with van der Waals surface area (Å²) in [6.07, 6.45) is 3.24. The predicted molar refractivity (Wildman–Crippen MR) is 64.6 cm³/mol. The maximum absolute atomic E-state index is 9.62. The third-order valence-electron chi connectivity index (χ3n) is 2.87. The van der Waals surface area contributed by atoms with Gasteiger partial charge in [0.2, 0.25) is 0 Å². The molecule has 1 saturated heterocycles. The number of nitrogens with zero attached hydrogens (tertiary/aromatic N) is 2. The molecule has 5 heteroatoms. The van der Waals surface area contributed by atoms with Crippen LogP contribution in [-0.2, 0) is 6.54 Å². The Morgan fingerprint density at radius 2 is 2.44 bits per heavy atom. The van der Waals surface area contributed by atoms with Crippen LogP contribution in [0.2, 0.25) is 5.02 Å². The first-order valence-corrected chi connectivity index (χ1v) is 5.86. The maximum atomic E-state index is 9.62. The maximum Gasteiger partial charge on any atom is 0.147 e. The van der Waals surface area contributed by atoms with E-state index in [-0.39, 0.29) is 6.10 Å². The fourth-order valence-electron chi connectivity index (χ4n) is 2.00. The van der Waals surface area contributed by atoms with Gasteiger partial charge in [0.05, 0.1) is 11.1 Å².